The molecule has 1 amide bonds. The number of rotatable bonds is 23. The number of hydrogen-bond donors (Lipinski definition) is 1. The number of carbonyl (C=O) groups excluding carboxylic acids is 1. The van der Waals surface area contributed by atoms with Gasteiger partial charge in [-0.2, -0.15) is 0 Å². The second-order valence-electron chi connectivity index (χ2n) is 9.28. The van der Waals surface area contributed by atoms with Crippen LogP contribution in [0.2, 0.25) is 0 Å². The zero-order chi connectivity index (χ0) is 22.3. The van der Waals surface area contributed by atoms with Crippen LogP contribution in [0.1, 0.15) is 150 Å². The molecule has 1 N–H and O–H groups in total. The summed E-state index contributed by atoms with van der Waals surface area (Å²) in [6.45, 7) is 10.8. The highest BCUT2D eigenvalue weighted by Gasteiger charge is 2.13. The highest BCUT2D eigenvalue weighted by atomic mass is 16.1. The lowest BCUT2D eigenvalue weighted by Crippen LogP contribution is -2.46. The van der Waals surface area contributed by atoms with E-state index in [4.69, 9.17) is 0 Å². The van der Waals surface area contributed by atoms with Crippen LogP contribution in [0.25, 0.3) is 0 Å². The third kappa shape index (κ3) is 19.4. The fraction of sp³-hybridized carbons (Fsp3) is 0.963. The molecular weight excluding hydrogens is 368 g/mol. The van der Waals surface area contributed by atoms with Gasteiger partial charge >= 0.3 is 0 Å². The topological polar surface area (TPSA) is 32.3 Å². The molecule has 0 aromatic carbocycles. The molecule has 0 spiro atoms. The van der Waals surface area contributed by atoms with Gasteiger partial charge in [-0.25, -0.2) is 0 Å². The molecule has 1 atom stereocenters. The van der Waals surface area contributed by atoms with Gasteiger partial charge in [-0.1, -0.05) is 124 Å². The van der Waals surface area contributed by atoms with E-state index in [0.29, 0.717) is 6.42 Å². The van der Waals surface area contributed by atoms with E-state index in [1.54, 1.807) is 0 Å². The van der Waals surface area contributed by atoms with Crippen LogP contribution in [-0.4, -0.2) is 30.1 Å². The van der Waals surface area contributed by atoms with Gasteiger partial charge in [0.25, 0.3) is 0 Å². The van der Waals surface area contributed by atoms with Gasteiger partial charge in [-0.15, -0.1) is 0 Å². The van der Waals surface area contributed by atoms with Crippen LogP contribution in [0.5, 0.6) is 0 Å². The molecule has 0 aliphatic carbocycles. The molecule has 30 heavy (non-hydrogen) atoms. The molecule has 0 aromatic rings. The Bertz CT molecular complexity index is 359. The summed E-state index contributed by atoms with van der Waals surface area (Å²) in [6.07, 6.45) is 25.4. The second-order valence-corrected chi connectivity index (χ2v) is 9.28. The maximum absolute atomic E-state index is 12.1. The summed E-state index contributed by atoms with van der Waals surface area (Å²) in [5.41, 5.74) is 0. The summed E-state index contributed by atoms with van der Waals surface area (Å²) in [6, 6.07) is 0. The minimum absolute atomic E-state index is 0.160. The highest BCUT2D eigenvalue weighted by molar-refractivity contribution is 5.76. The Balaban J connectivity index is 3.31. The molecular formula is C27H56N2O. The van der Waals surface area contributed by atoms with E-state index in [0.717, 1.165) is 25.9 Å². The minimum atomic E-state index is 0.160. The number of amides is 1. The molecule has 0 rings (SSSR count). The maximum Gasteiger partial charge on any atom is 0.221 e. The minimum Gasteiger partial charge on any atom is -0.341 e. The molecule has 0 aliphatic rings. The Morgan fingerprint density at radius 2 is 1.03 bits per heavy atom. The largest absolute Gasteiger partial charge is 0.341 e. The normalized spacial score (nSPS) is 12.4. The van der Waals surface area contributed by atoms with Gasteiger partial charge in [0.2, 0.25) is 5.91 Å². The maximum atomic E-state index is 12.1. The Labute approximate surface area is 190 Å². The average Bonchev–Trinajstić information content (AvgIpc) is 2.74. The molecule has 180 valence electrons. The molecule has 3 nitrogen and oxygen atoms in total. The van der Waals surface area contributed by atoms with Gasteiger partial charge < -0.3 is 5.32 Å². The van der Waals surface area contributed by atoms with Crippen molar-refractivity contribution in [3.05, 3.63) is 0 Å². The van der Waals surface area contributed by atoms with E-state index in [1.807, 2.05) is 0 Å². The van der Waals surface area contributed by atoms with E-state index < -0.39 is 0 Å². The summed E-state index contributed by atoms with van der Waals surface area (Å²) < 4.78 is 0. The first-order chi connectivity index (χ1) is 14.7. The van der Waals surface area contributed by atoms with Crippen LogP contribution in [0.15, 0.2) is 0 Å². The Kier molecular flexibility index (Phi) is 22.7. The SMILES string of the molecule is CCCCCCCCCCCCCCCCCCCC(=O)NC(C)N(CC)CCC. The van der Waals surface area contributed by atoms with Crippen LogP contribution in [0.3, 0.4) is 0 Å². The van der Waals surface area contributed by atoms with Crippen molar-refractivity contribution in [1.82, 2.24) is 10.2 Å². The molecule has 3 heteroatoms. The fourth-order valence-corrected chi connectivity index (χ4v) is 4.32. The van der Waals surface area contributed by atoms with E-state index in [1.165, 1.54) is 103 Å². The van der Waals surface area contributed by atoms with E-state index in [9.17, 15) is 4.79 Å². The number of hydrogen-bond acceptors (Lipinski definition) is 2. The molecule has 0 saturated heterocycles. The molecule has 0 aliphatic heterocycles. The molecule has 0 radical (unpaired) electrons. The lowest BCUT2D eigenvalue weighted by molar-refractivity contribution is -0.123. The van der Waals surface area contributed by atoms with Crippen molar-refractivity contribution in [2.45, 2.75) is 156 Å². The number of unbranched alkanes of at least 4 members (excludes halogenated alkanes) is 16. The molecule has 0 aromatic heterocycles. The second kappa shape index (κ2) is 23.1. The quantitative estimate of drug-likeness (QED) is 0.132. The Hall–Kier alpha value is -0.570. The Morgan fingerprint density at radius 3 is 1.40 bits per heavy atom. The lowest BCUT2D eigenvalue weighted by atomic mass is 10.0. The van der Waals surface area contributed by atoms with Crippen LogP contribution >= 0.6 is 0 Å². The Morgan fingerprint density at radius 1 is 0.633 bits per heavy atom. The third-order valence-electron chi connectivity index (χ3n) is 6.34. The summed E-state index contributed by atoms with van der Waals surface area (Å²) >= 11 is 0. The van der Waals surface area contributed by atoms with Crippen molar-refractivity contribution in [2.75, 3.05) is 13.1 Å². The van der Waals surface area contributed by atoms with Gasteiger partial charge in [-0.05, 0) is 32.9 Å². The fourth-order valence-electron chi connectivity index (χ4n) is 4.32. The third-order valence-corrected chi connectivity index (χ3v) is 6.34. The summed E-state index contributed by atoms with van der Waals surface area (Å²) in [7, 11) is 0. The smallest absolute Gasteiger partial charge is 0.221 e. The van der Waals surface area contributed by atoms with Gasteiger partial charge in [0.1, 0.15) is 0 Å². The van der Waals surface area contributed by atoms with E-state index >= 15 is 0 Å². The number of carbonyl (C=O) groups is 1. The van der Waals surface area contributed by atoms with Crippen molar-refractivity contribution in [1.29, 1.82) is 0 Å². The zero-order valence-corrected chi connectivity index (χ0v) is 21.3. The lowest BCUT2D eigenvalue weighted by Gasteiger charge is -2.28. The first kappa shape index (κ1) is 29.4. The zero-order valence-electron chi connectivity index (χ0n) is 21.3. The van der Waals surface area contributed by atoms with Crippen molar-refractivity contribution in [3.8, 4) is 0 Å². The molecule has 1 unspecified atom stereocenters. The van der Waals surface area contributed by atoms with Crippen molar-refractivity contribution < 1.29 is 4.79 Å². The van der Waals surface area contributed by atoms with Crippen molar-refractivity contribution >= 4 is 5.91 Å². The monoisotopic (exact) mass is 424 g/mol. The molecule has 0 heterocycles. The van der Waals surface area contributed by atoms with Gasteiger partial charge in [0.05, 0.1) is 6.17 Å². The first-order valence-electron chi connectivity index (χ1n) is 13.7. The molecule has 0 fully saturated rings. The summed E-state index contributed by atoms with van der Waals surface area (Å²) in [5.74, 6) is 0.220. The highest BCUT2D eigenvalue weighted by Crippen LogP contribution is 2.14. The van der Waals surface area contributed by atoms with Crippen LogP contribution in [0.4, 0.5) is 0 Å². The van der Waals surface area contributed by atoms with Gasteiger partial charge in [-0.3, -0.25) is 9.69 Å². The van der Waals surface area contributed by atoms with E-state index in [2.05, 4.69) is 37.9 Å². The summed E-state index contributed by atoms with van der Waals surface area (Å²) in [4.78, 5) is 14.4. The standard InChI is InChI=1S/C27H56N2O/c1-5-8-9-10-11-12-13-14-15-16-17-18-19-20-21-22-23-24-27(30)28-26(4)29(7-3)25-6-2/h26H,5-25H2,1-4H3,(H,28,30). The average molecular weight is 425 g/mol. The van der Waals surface area contributed by atoms with Gasteiger partial charge in [0.15, 0.2) is 0 Å². The van der Waals surface area contributed by atoms with Crippen molar-refractivity contribution in [3.63, 3.8) is 0 Å². The van der Waals surface area contributed by atoms with Gasteiger partial charge in [0, 0.05) is 6.42 Å². The van der Waals surface area contributed by atoms with Crippen LogP contribution < -0.4 is 5.32 Å². The number of nitrogens with zero attached hydrogens (tertiary/aromatic N) is 1. The first-order valence-corrected chi connectivity index (χ1v) is 13.7. The van der Waals surface area contributed by atoms with E-state index in [-0.39, 0.29) is 12.1 Å². The van der Waals surface area contributed by atoms with Crippen LogP contribution in [-0.2, 0) is 4.79 Å². The predicted molar refractivity (Wildman–Crippen MR) is 134 cm³/mol. The molecule has 0 bridgehead atoms. The number of nitrogens with one attached hydrogen (secondary N) is 1. The predicted octanol–water partition coefficient (Wildman–Crippen LogP) is 8.22. The van der Waals surface area contributed by atoms with Crippen molar-refractivity contribution in [2.24, 2.45) is 0 Å². The van der Waals surface area contributed by atoms with Crippen LogP contribution in [0, 0.1) is 0 Å². The molecule has 0 saturated carbocycles. The summed E-state index contributed by atoms with van der Waals surface area (Å²) in [5, 5.41) is 3.16.